The average Bonchev–Trinajstić information content (AvgIpc) is 2.82. The van der Waals surface area contributed by atoms with Gasteiger partial charge in [0.05, 0.1) is 22.5 Å². The van der Waals surface area contributed by atoms with Crippen molar-refractivity contribution in [1.29, 1.82) is 0 Å². The van der Waals surface area contributed by atoms with Crippen LogP contribution < -0.4 is 0 Å². The maximum Gasteiger partial charge on any atom is 0.337 e. The normalized spacial score (nSPS) is 11.2. The van der Waals surface area contributed by atoms with Gasteiger partial charge in [-0.25, -0.2) is 4.79 Å². The summed E-state index contributed by atoms with van der Waals surface area (Å²) in [5.74, 6) is -1.34. The molecule has 0 aliphatic carbocycles. The van der Waals surface area contributed by atoms with Crippen LogP contribution in [-0.2, 0) is 10.5 Å². The number of carbonyl (C=O) groups excluding carboxylic acids is 2. The Morgan fingerprint density at radius 3 is 2.30 bits per heavy atom. The summed E-state index contributed by atoms with van der Waals surface area (Å²) in [6, 6.07) is 17.0. The highest BCUT2D eigenvalue weighted by Gasteiger charge is 2.18. The number of nitro benzene ring substituents is 1. The fourth-order valence-corrected chi connectivity index (χ4v) is 4.09. The monoisotopic (exact) mass is 529 g/mol. The molecule has 6 nitrogen and oxygen atoms in total. The first-order valence-electron chi connectivity index (χ1n) is 9.54. The molecule has 3 aromatic rings. The summed E-state index contributed by atoms with van der Waals surface area (Å²) in [6.07, 6.45) is 1.49. The summed E-state index contributed by atoms with van der Waals surface area (Å²) >= 11 is 4.63. The number of halogens is 2. The number of methoxy groups -OCH3 is 1. The van der Waals surface area contributed by atoms with Crippen molar-refractivity contribution in [3.05, 3.63) is 114 Å². The van der Waals surface area contributed by atoms with Crippen LogP contribution in [-0.4, -0.2) is 23.8 Å². The van der Waals surface area contributed by atoms with E-state index in [1.165, 1.54) is 55.3 Å². The average molecular weight is 530 g/mol. The minimum atomic E-state index is -0.953. The molecular weight excluding hydrogens is 513 g/mol. The van der Waals surface area contributed by atoms with Gasteiger partial charge in [0.15, 0.2) is 5.78 Å². The van der Waals surface area contributed by atoms with E-state index in [9.17, 15) is 24.1 Å². The number of nitrogens with zero attached hydrogens (tertiary/aromatic N) is 1. The van der Waals surface area contributed by atoms with E-state index in [1.54, 1.807) is 0 Å². The number of thioether (sulfide) groups is 1. The summed E-state index contributed by atoms with van der Waals surface area (Å²) in [7, 11) is 1.27. The zero-order valence-corrected chi connectivity index (χ0v) is 19.7. The van der Waals surface area contributed by atoms with Crippen LogP contribution in [0.4, 0.5) is 10.1 Å². The van der Waals surface area contributed by atoms with Crippen molar-refractivity contribution in [3.63, 3.8) is 0 Å². The van der Waals surface area contributed by atoms with Gasteiger partial charge in [0.2, 0.25) is 5.82 Å². The zero-order valence-electron chi connectivity index (χ0n) is 17.3. The third-order valence-electron chi connectivity index (χ3n) is 4.56. The third kappa shape index (κ3) is 6.36. The van der Waals surface area contributed by atoms with Crippen LogP contribution in [0.25, 0.3) is 6.08 Å². The van der Waals surface area contributed by atoms with E-state index in [-0.39, 0.29) is 5.78 Å². The summed E-state index contributed by atoms with van der Waals surface area (Å²) in [6.45, 7) is 0. The first kappa shape index (κ1) is 24.3. The van der Waals surface area contributed by atoms with Gasteiger partial charge in [-0.2, -0.15) is 4.39 Å². The van der Waals surface area contributed by atoms with Crippen LogP contribution in [0.3, 0.4) is 0 Å². The van der Waals surface area contributed by atoms with Crippen LogP contribution in [0.15, 0.2) is 76.1 Å². The Balaban J connectivity index is 1.95. The van der Waals surface area contributed by atoms with Gasteiger partial charge < -0.3 is 4.74 Å². The third-order valence-corrected chi connectivity index (χ3v) is 6.18. The summed E-state index contributed by atoms with van der Waals surface area (Å²) in [4.78, 5) is 35.5. The predicted octanol–water partition coefficient (Wildman–Crippen LogP) is 6.44. The lowest BCUT2D eigenvalue weighted by Gasteiger charge is -2.09. The Labute approximate surface area is 201 Å². The SMILES string of the molecule is COC(=O)c1ccc(C(=O)/C(=C\c2ccc(F)c([N+](=O)[O-])c2)SCc2ccc(Br)cc2)cc1. The Hall–Kier alpha value is -3.30. The first-order valence-corrected chi connectivity index (χ1v) is 11.3. The van der Waals surface area contributed by atoms with Crippen LogP contribution in [0, 0.1) is 15.9 Å². The largest absolute Gasteiger partial charge is 0.465 e. The summed E-state index contributed by atoms with van der Waals surface area (Å²) in [5, 5.41) is 11.1. The van der Waals surface area contributed by atoms with Crippen LogP contribution in [0.1, 0.15) is 31.8 Å². The standard InChI is InChI=1S/C24H17BrFNO5S/c1-32-24(29)18-7-5-17(6-8-18)23(28)22(33-14-15-2-9-19(25)10-3-15)13-16-4-11-20(26)21(12-16)27(30)31/h2-13H,14H2,1H3/b22-13+. The van der Waals surface area contributed by atoms with Gasteiger partial charge in [0.25, 0.3) is 0 Å². The van der Waals surface area contributed by atoms with Gasteiger partial charge in [-0.05, 0) is 47.5 Å². The number of esters is 1. The van der Waals surface area contributed by atoms with E-state index in [0.717, 1.165) is 22.2 Å². The Morgan fingerprint density at radius 1 is 1.06 bits per heavy atom. The second kappa shape index (κ2) is 11.0. The Morgan fingerprint density at radius 2 is 1.70 bits per heavy atom. The molecule has 9 heteroatoms. The maximum atomic E-state index is 13.7. The second-order valence-corrected chi connectivity index (χ2v) is 8.72. The molecule has 0 N–H and O–H groups in total. The van der Waals surface area contributed by atoms with Crippen LogP contribution >= 0.6 is 27.7 Å². The zero-order chi connectivity index (χ0) is 24.0. The highest BCUT2D eigenvalue weighted by molar-refractivity contribution is 9.10. The van der Waals surface area contributed by atoms with Crippen molar-refractivity contribution in [2.24, 2.45) is 0 Å². The van der Waals surface area contributed by atoms with Crippen molar-refractivity contribution in [2.45, 2.75) is 5.75 Å². The Bertz CT molecular complexity index is 1230. The molecule has 0 unspecified atom stereocenters. The minimum absolute atomic E-state index is 0.302. The maximum absolute atomic E-state index is 13.7. The highest BCUT2D eigenvalue weighted by Crippen LogP contribution is 2.29. The smallest absolute Gasteiger partial charge is 0.337 e. The van der Waals surface area contributed by atoms with E-state index in [1.807, 2.05) is 24.3 Å². The van der Waals surface area contributed by atoms with Gasteiger partial charge >= 0.3 is 11.7 Å². The number of rotatable bonds is 8. The van der Waals surface area contributed by atoms with E-state index in [2.05, 4.69) is 20.7 Å². The number of hydrogen-bond acceptors (Lipinski definition) is 6. The molecule has 0 aliphatic heterocycles. The van der Waals surface area contributed by atoms with E-state index < -0.39 is 22.4 Å². The van der Waals surface area contributed by atoms with E-state index >= 15 is 0 Å². The van der Waals surface area contributed by atoms with Crippen LogP contribution in [0.5, 0.6) is 0 Å². The van der Waals surface area contributed by atoms with Gasteiger partial charge in [-0.15, -0.1) is 11.8 Å². The van der Waals surface area contributed by atoms with Gasteiger partial charge in [-0.1, -0.05) is 46.3 Å². The predicted molar refractivity (Wildman–Crippen MR) is 129 cm³/mol. The van der Waals surface area contributed by atoms with E-state index in [0.29, 0.717) is 27.3 Å². The summed E-state index contributed by atoms with van der Waals surface area (Å²) < 4.78 is 19.3. The molecule has 168 valence electrons. The van der Waals surface area contributed by atoms with Crippen molar-refractivity contribution >= 4 is 51.2 Å². The summed E-state index contributed by atoms with van der Waals surface area (Å²) in [5.41, 5.74) is 1.25. The number of benzene rings is 3. The molecule has 0 saturated heterocycles. The van der Waals surface area contributed by atoms with Crippen molar-refractivity contribution in [2.75, 3.05) is 7.11 Å². The molecule has 0 radical (unpaired) electrons. The van der Waals surface area contributed by atoms with Crippen molar-refractivity contribution in [3.8, 4) is 0 Å². The topological polar surface area (TPSA) is 86.5 Å². The number of allylic oxidation sites excluding steroid dienone is 1. The quantitative estimate of drug-likeness (QED) is 0.110. The van der Waals surface area contributed by atoms with Crippen molar-refractivity contribution in [1.82, 2.24) is 0 Å². The number of ketones is 1. The number of ether oxygens (including phenoxy) is 1. The number of nitro groups is 1. The molecule has 0 saturated carbocycles. The molecule has 0 bridgehead atoms. The van der Waals surface area contributed by atoms with Crippen molar-refractivity contribution < 1.29 is 23.6 Å². The van der Waals surface area contributed by atoms with Crippen LogP contribution in [0.2, 0.25) is 0 Å². The van der Waals surface area contributed by atoms with Gasteiger partial charge in [0, 0.05) is 21.9 Å². The van der Waals surface area contributed by atoms with Gasteiger partial charge in [-0.3, -0.25) is 14.9 Å². The highest BCUT2D eigenvalue weighted by atomic mass is 79.9. The molecule has 0 spiro atoms. The molecular formula is C24H17BrFNO5S. The molecule has 3 aromatic carbocycles. The number of Topliss-reactive ketones (excluding diaryl/α,β-unsaturated/α-hetero) is 1. The molecule has 3 rings (SSSR count). The number of hydrogen-bond donors (Lipinski definition) is 0. The Kier molecular flexibility index (Phi) is 8.13. The molecule has 0 aromatic heterocycles. The molecule has 0 heterocycles. The molecule has 0 fully saturated rings. The fraction of sp³-hybridized carbons (Fsp3) is 0.0833. The van der Waals surface area contributed by atoms with E-state index in [4.69, 9.17) is 0 Å². The minimum Gasteiger partial charge on any atom is -0.465 e. The van der Waals surface area contributed by atoms with Gasteiger partial charge in [0.1, 0.15) is 0 Å². The second-order valence-electron chi connectivity index (χ2n) is 6.79. The molecule has 0 aliphatic rings. The molecule has 33 heavy (non-hydrogen) atoms. The lowest BCUT2D eigenvalue weighted by Crippen LogP contribution is -2.05. The molecule has 0 amide bonds. The lowest BCUT2D eigenvalue weighted by molar-refractivity contribution is -0.387. The fourth-order valence-electron chi connectivity index (χ4n) is 2.84. The molecule has 0 atom stereocenters. The number of carbonyl (C=O) groups is 2. The lowest BCUT2D eigenvalue weighted by atomic mass is 10.1. The first-order chi connectivity index (χ1) is 15.8.